The van der Waals surface area contributed by atoms with Crippen LogP contribution >= 0.6 is 0 Å². The first kappa shape index (κ1) is 14.0. The number of aromatic hydroxyl groups is 2. The zero-order valence-corrected chi connectivity index (χ0v) is 11.8. The number of carbonyl (C=O) groups excluding carboxylic acids is 1. The summed E-state index contributed by atoms with van der Waals surface area (Å²) in [6.07, 6.45) is 0.758. The molecule has 2 aromatic carbocycles. The van der Waals surface area contributed by atoms with E-state index in [1.54, 1.807) is 6.07 Å². The first-order valence-electron chi connectivity index (χ1n) is 7.00. The summed E-state index contributed by atoms with van der Waals surface area (Å²) in [4.78, 5) is 15.0. The van der Waals surface area contributed by atoms with E-state index in [9.17, 15) is 15.0 Å². The van der Waals surface area contributed by atoms with Gasteiger partial charge in [-0.15, -0.1) is 0 Å². The van der Waals surface area contributed by atoms with Crippen molar-refractivity contribution in [3.05, 3.63) is 59.8 Å². The van der Waals surface area contributed by atoms with E-state index in [-0.39, 0.29) is 17.4 Å². The van der Waals surface area contributed by atoms with E-state index in [1.807, 2.05) is 30.3 Å². The van der Waals surface area contributed by atoms with Crippen LogP contribution in [-0.2, 0) is 6.42 Å². The number of amides is 1. The number of H-pyrrole nitrogens is 1. The maximum absolute atomic E-state index is 12.1. The predicted octanol–water partition coefficient (Wildman–Crippen LogP) is 2.55. The van der Waals surface area contributed by atoms with E-state index in [0.29, 0.717) is 23.1 Å². The van der Waals surface area contributed by atoms with Gasteiger partial charge in [0.1, 0.15) is 5.69 Å². The van der Waals surface area contributed by atoms with Gasteiger partial charge in [0.05, 0.1) is 0 Å². The Labute approximate surface area is 127 Å². The van der Waals surface area contributed by atoms with Crippen LogP contribution in [0.15, 0.2) is 48.5 Å². The van der Waals surface area contributed by atoms with Crippen LogP contribution < -0.4 is 5.32 Å². The minimum absolute atomic E-state index is 0.206. The molecule has 5 nitrogen and oxygen atoms in total. The maximum Gasteiger partial charge on any atom is 0.267 e. The molecule has 0 aliphatic rings. The molecule has 0 aliphatic heterocycles. The molecule has 0 radical (unpaired) electrons. The van der Waals surface area contributed by atoms with Crippen molar-refractivity contribution < 1.29 is 15.0 Å². The monoisotopic (exact) mass is 296 g/mol. The standard InChI is InChI=1S/C17H16N2O3/c20-15-9-12-8-14(19-13(12)10-16(15)21)17(22)18-7-6-11-4-2-1-3-5-11/h1-5,8-10,19-21H,6-7H2,(H,18,22). The van der Waals surface area contributed by atoms with Gasteiger partial charge in [-0.25, -0.2) is 0 Å². The number of benzene rings is 2. The van der Waals surface area contributed by atoms with E-state index in [4.69, 9.17) is 0 Å². The first-order valence-corrected chi connectivity index (χ1v) is 7.00. The number of aromatic amines is 1. The summed E-state index contributed by atoms with van der Waals surface area (Å²) in [6, 6.07) is 14.4. The molecule has 1 heterocycles. The molecule has 3 rings (SSSR count). The number of rotatable bonds is 4. The molecule has 1 amide bonds. The van der Waals surface area contributed by atoms with Crippen LogP contribution in [0, 0.1) is 0 Å². The number of phenols is 2. The fraction of sp³-hybridized carbons (Fsp3) is 0.118. The van der Waals surface area contributed by atoms with Gasteiger partial charge in [-0.3, -0.25) is 4.79 Å². The summed E-state index contributed by atoms with van der Waals surface area (Å²) in [6.45, 7) is 0.536. The zero-order chi connectivity index (χ0) is 15.5. The quantitative estimate of drug-likeness (QED) is 0.558. The van der Waals surface area contributed by atoms with Crippen LogP contribution in [0.25, 0.3) is 10.9 Å². The molecule has 0 saturated heterocycles. The van der Waals surface area contributed by atoms with Gasteiger partial charge in [0.15, 0.2) is 11.5 Å². The summed E-state index contributed by atoms with van der Waals surface area (Å²) >= 11 is 0. The summed E-state index contributed by atoms with van der Waals surface area (Å²) in [5.74, 6) is -0.640. The topological polar surface area (TPSA) is 85.3 Å². The lowest BCUT2D eigenvalue weighted by Gasteiger charge is -2.03. The number of carbonyl (C=O) groups is 1. The Balaban J connectivity index is 1.67. The third kappa shape index (κ3) is 2.88. The highest BCUT2D eigenvalue weighted by molar-refractivity contribution is 5.98. The van der Waals surface area contributed by atoms with Crippen LogP contribution in [0.1, 0.15) is 16.1 Å². The van der Waals surface area contributed by atoms with Crippen LogP contribution in [-0.4, -0.2) is 27.6 Å². The van der Waals surface area contributed by atoms with E-state index in [2.05, 4.69) is 10.3 Å². The highest BCUT2D eigenvalue weighted by atomic mass is 16.3. The fourth-order valence-electron chi connectivity index (χ4n) is 2.34. The number of hydrogen-bond donors (Lipinski definition) is 4. The summed E-state index contributed by atoms with van der Waals surface area (Å²) in [5, 5.41) is 22.4. The number of hydrogen-bond acceptors (Lipinski definition) is 3. The van der Waals surface area contributed by atoms with Crippen molar-refractivity contribution in [1.29, 1.82) is 0 Å². The van der Waals surface area contributed by atoms with Gasteiger partial charge in [0.2, 0.25) is 0 Å². The minimum Gasteiger partial charge on any atom is -0.504 e. The number of phenolic OH excluding ortho intramolecular Hbond substituents is 2. The molecule has 0 atom stereocenters. The van der Waals surface area contributed by atoms with Crippen molar-refractivity contribution in [3.8, 4) is 11.5 Å². The Kier molecular flexibility index (Phi) is 3.70. The normalized spacial score (nSPS) is 10.7. The molecule has 0 aliphatic carbocycles. The Hall–Kier alpha value is -2.95. The van der Waals surface area contributed by atoms with Crippen molar-refractivity contribution in [1.82, 2.24) is 10.3 Å². The highest BCUT2D eigenvalue weighted by Gasteiger charge is 2.11. The Morgan fingerprint density at radius 2 is 1.77 bits per heavy atom. The van der Waals surface area contributed by atoms with E-state index in [0.717, 1.165) is 12.0 Å². The Morgan fingerprint density at radius 3 is 2.55 bits per heavy atom. The highest BCUT2D eigenvalue weighted by Crippen LogP contribution is 2.30. The fourth-order valence-corrected chi connectivity index (χ4v) is 2.34. The minimum atomic E-state index is -0.217. The second-order valence-corrected chi connectivity index (χ2v) is 5.10. The molecule has 3 aromatic rings. The van der Waals surface area contributed by atoms with Gasteiger partial charge in [-0.1, -0.05) is 30.3 Å². The largest absolute Gasteiger partial charge is 0.504 e. The van der Waals surface area contributed by atoms with Crippen molar-refractivity contribution >= 4 is 16.8 Å². The van der Waals surface area contributed by atoms with Crippen molar-refractivity contribution in [2.45, 2.75) is 6.42 Å². The van der Waals surface area contributed by atoms with E-state index < -0.39 is 0 Å². The van der Waals surface area contributed by atoms with Crippen molar-refractivity contribution in [2.24, 2.45) is 0 Å². The van der Waals surface area contributed by atoms with Gasteiger partial charge in [0, 0.05) is 23.5 Å². The SMILES string of the molecule is O=C(NCCc1ccccc1)c1cc2cc(O)c(O)cc2[nH]1. The molecule has 112 valence electrons. The van der Waals surface area contributed by atoms with Gasteiger partial charge < -0.3 is 20.5 Å². The lowest BCUT2D eigenvalue weighted by Crippen LogP contribution is -2.25. The van der Waals surface area contributed by atoms with Crippen molar-refractivity contribution in [2.75, 3.05) is 6.54 Å². The summed E-state index contributed by atoms with van der Waals surface area (Å²) < 4.78 is 0. The lowest BCUT2D eigenvalue weighted by atomic mass is 10.1. The predicted molar refractivity (Wildman–Crippen MR) is 84.1 cm³/mol. The summed E-state index contributed by atoms with van der Waals surface area (Å²) in [7, 11) is 0. The first-order chi connectivity index (χ1) is 10.6. The molecular weight excluding hydrogens is 280 g/mol. The molecule has 0 spiro atoms. The molecule has 0 saturated carbocycles. The molecule has 0 bridgehead atoms. The van der Waals surface area contributed by atoms with Crippen LogP contribution in [0.3, 0.4) is 0 Å². The molecule has 0 fully saturated rings. The second kappa shape index (κ2) is 5.81. The number of fused-ring (bicyclic) bond motifs is 1. The third-order valence-electron chi connectivity index (χ3n) is 3.50. The number of aromatic nitrogens is 1. The van der Waals surface area contributed by atoms with Crippen LogP contribution in [0.5, 0.6) is 11.5 Å². The Bertz CT molecular complexity index is 770. The molecular formula is C17H16N2O3. The zero-order valence-electron chi connectivity index (χ0n) is 11.8. The van der Waals surface area contributed by atoms with Gasteiger partial charge in [-0.05, 0) is 24.1 Å². The van der Waals surface area contributed by atoms with Crippen molar-refractivity contribution in [3.63, 3.8) is 0 Å². The van der Waals surface area contributed by atoms with Crippen LogP contribution in [0.4, 0.5) is 0 Å². The molecule has 0 unspecified atom stereocenters. The average Bonchev–Trinajstić information content (AvgIpc) is 2.91. The van der Waals surface area contributed by atoms with Crippen LogP contribution in [0.2, 0.25) is 0 Å². The van der Waals surface area contributed by atoms with Gasteiger partial charge in [0.25, 0.3) is 5.91 Å². The molecule has 1 aromatic heterocycles. The molecule has 4 N–H and O–H groups in total. The second-order valence-electron chi connectivity index (χ2n) is 5.10. The average molecular weight is 296 g/mol. The van der Waals surface area contributed by atoms with E-state index >= 15 is 0 Å². The lowest BCUT2D eigenvalue weighted by molar-refractivity contribution is 0.0950. The third-order valence-corrected chi connectivity index (χ3v) is 3.50. The summed E-state index contributed by atoms with van der Waals surface area (Å²) in [5.41, 5.74) is 2.16. The Morgan fingerprint density at radius 1 is 1.05 bits per heavy atom. The number of nitrogens with one attached hydrogen (secondary N) is 2. The maximum atomic E-state index is 12.1. The van der Waals surface area contributed by atoms with E-state index in [1.165, 1.54) is 12.1 Å². The molecule has 22 heavy (non-hydrogen) atoms. The smallest absolute Gasteiger partial charge is 0.267 e. The molecule has 5 heteroatoms. The van der Waals surface area contributed by atoms with Gasteiger partial charge >= 0.3 is 0 Å². The van der Waals surface area contributed by atoms with Gasteiger partial charge in [-0.2, -0.15) is 0 Å².